The van der Waals surface area contributed by atoms with E-state index in [4.69, 9.17) is 13.9 Å². The molecule has 142 valence electrons. The maximum absolute atomic E-state index is 12.9. The highest BCUT2D eigenvalue weighted by molar-refractivity contribution is 9.10. The third-order valence-corrected chi connectivity index (χ3v) is 7.73. The van der Waals surface area contributed by atoms with Crippen molar-refractivity contribution in [2.24, 2.45) is 9.81 Å². The van der Waals surface area contributed by atoms with E-state index in [1.165, 1.54) is 5.56 Å². The van der Waals surface area contributed by atoms with Crippen LogP contribution in [0.3, 0.4) is 0 Å². The molecule has 1 atom stereocenters. The molecule has 2 aliphatic carbocycles. The molecule has 1 aliphatic heterocycles. The second-order valence-electron chi connectivity index (χ2n) is 8.67. The molecule has 2 spiro atoms. The summed E-state index contributed by atoms with van der Waals surface area (Å²) in [5.74, 6) is -0.394. The Morgan fingerprint density at radius 3 is 2.38 bits per heavy atom. The smallest absolute Gasteiger partial charge is 0.168 e. The van der Waals surface area contributed by atoms with Crippen molar-refractivity contribution in [1.82, 2.24) is 0 Å². The zero-order valence-corrected chi connectivity index (χ0v) is 18.0. The lowest BCUT2D eigenvalue weighted by molar-refractivity contribution is -0.186. The van der Waals surface area contributed by atoms with Crippen molar-refractivity contribution in [3.63, 3.8) is 0 Å². The van der Waals surface area contributed by atoms with Gasteiger partial charge in [0, 0.05) is 28.3 Å². The summed E-state index contributed by atoms with van der Waals surface area (Å²) in [6.07, 6.45) is 4.64. The van der Waals surface area contributed by atoms with Crippen molar-refractivity contribution in [3.8, 4) is 0 Å². The van der Waals surface area contributed by atoms with Crippen molar-refractivity contribution in [2.45, 2.75) is 63.4 Å². The Morgan fingerprint density at radius 1 is 1.12 bits per heavy atom. The van der Waals surface area contributed by atoms with Gasteiger partial charge in [-0.25, -0.2) is 4.21 Å². The van der Waals surface area contributed by atoms with E-state index in [-0.39, 0.29) is 10.2 Å². The molecule has 26 heavy (non-hydrogen) atoms. The van der Waals surface area contributed by atoms with Crippen molar-refractivity contribution in [3.05, 3.63) is 33.8 Å². The largest absolute Gasteiger partial charge is 0.348 e. The Morgan fingerprint density at radius 2 is 1.77 bits per heavy atom. The van der Waals surface area contributed by atoms with Gasteiger partial charge in [-0.1, -0.05) is 22.0 Å². The fraction of sp³-hybridized carbons (Fsp3) is 0.650. The SMILES string of the molecule is CC(C)(C)S(=O)N=C1c2cc(Br)ccc2CC12CCC1(CC2)OCCO1. The number of hydrogen-bond donors (Lipinski definition) is 0. The molecule has 0 N–H and O–H groups in total. The summed E-state index contributed by atoms with van der Waals surface area (Å²) in [6, 6.07) is 6.40. The molecule has 4 rings (SSSR count). The van der Waals surface area contributed by atoms with Gasteiger partial charge in [0.2, 0.25) is 0 Å². The summed E-state index contributed by atoms with van der Waals surface area (Å²) < 4.78 is 30.2. The average Bonchev–Trinajstić information content (AvgIpc) is 3.14. The molecule has 0 amide bonds. The molecule has 1 saturated carbocycles. The van der Waals surface area contributed by atoms with Gasteiger partial charge in [0.1, 0.15) is 11.0 Å². The van der Waals surface area contributed by atoms with Crippen molar-refractivity contribution in [2.75, 3.05) is 13.2 Å². The van der Waals surface area contributed by atoms with Gasteiger partial charge < -0.3 is 9.47 Å². The van der Waals surface area contributed by atoms with Gasteiger partial charge >= 0.3 is 0 Å². The highest BCUT2D eigenvalue weighted by Crippen LogP contribution is 2.52. The van der Waals surface area contributed by atoms with Crippen molar-refractivity contribution in [1.29, 1.82) is 0 Å². The molecule has 6 heteroatoms. The summed E-state index contributed by atoms with van der Waals surface area (Å²) >= 11 is 3.59. The van der Waals surface area contributed by atoms with Crippen LogP contribution in [0.2, 0.25) is 0 Å². The Labute approximate surface area is 166 Å². The Hall–Kier alpha value is -0.560. The van der Waals surface area contributed by atoms with E-state index in [0.29, 0.717) is 13.2 Å². The summed E-state index contributed by atoms with van der Waals surface area (Å²) in [7, 11) is -1.27. The van der Waals surface area contributed by atoms with Crippen LogP contribution in [-0.2, 0) is 26.9 Å². The summed E-state index contributed by atoms with van der Waals surface area (Å²) in [4.78, 5) is 0. The molecule has 1 aromatic carbocycles. The van der Waals surface area contributed by atoms with E-state index in [9.17, 15) is 4.21 Å². The number of rotatable bonds is 1. The number of nitrogens with zero attached hydrogens (tertiary/aromatic N) is 1. The van der Waals surface area contributed by atoms with Gasteiger partial charge in [0.05, 0.1) is 23.7 Å². The van der Waals surface area contributed by atoms with E-state index < -0.39 is 16.8 Å². The molecule has 1 unspecified atom stereocenters. The minimum atomic E-state index is -1.27. The fourth-order valence-electron chi connectivity index (χ4n) is 4.33. The fourth-order valence-corrected chi connectivity index (χ4v) is 5.42. The standard InChI is InChI=1S/C20H26BrNO3S/c1-18(2,3)26(23)22-17-16-12-15(21)5-4-14(16)13-19(17)6-8-20(9-7-19)24-10-11-25-20/h4-5,12H,6-11,13H2,1-3H3. The Bertz CT molecular complexity index is 768. The Balaban J connectivity index is 1.72. The van der Waals surface area contributed by atoms with Crippen molar-refractivity contribution >= 4 is 32.6 Å². The Kier molecular flexibility index (Phi) is 4.70. The van der Waals surface area contributed by atoms with Gasteiger partial charge in [-0.2, -0.15) is 4.40 Å². The second-order valence-corrected chi connectivity index (χ2v) is 11.5. The van der Waals surface area contributed by atoms with Gasteiger partial charge in [-0.3, -0.25) is 0 Å². The zero-order valence-electron chi connectivity index (χ0n) is 15.6. The van der Waals surface area contributed by atoms with Crippen LogP contribution in [0, 0.1) is 5.41 Å². The molecule has 0 bridgehead atoms. The van der Waals surface area contributed by atoms with Crippen LogP contribution in [0.25, 0.3) is 0 Å². The van der Waals surface area contributed by atoms with Crippen LogP contribution in [-0.4, -0.2) is 33.7 Å². The van der Waals surface area contributed by atoms with E-state index in [1.54, 1.807) is 0 Å². The predicted molar refractivity (Wildman–Crippen MR) is 108 cm³/mol. The topological polar surface area (TPSA) is 47.9 Å². The highest BCUT2D eigenvalue weighted by Gasteiger charge is 2.52. The molecule has 0 radical (unpaired) electrons. The number of fused-ring (bicyclic) bond motifs is 1. The summed E-state index contributed by atoms with van der Waals surface area (Å²) in [5.41, 5.74) is 3.43. The maximum Gasteiger partial charge on any atom is 0.168 e. The average molecular weight is 440 g/mol. The first-order valence-electron chi connectivity index (χ1n) is 9.31. The van der Waals surface area contributed by atoms with Crippen LogP contribution in [0.15, 0.2) is 27.1 Å². The predicted octanol–water partition coefficient (Wildman–Crippen LogP) is 4.56. The van der Waals surface area contributed by atoms with Gasteiger partial charge in [-0.15, -0.1) is 0 Å². The van der Waals surface area contributed by atoms with Gasteiger partial charge in [0.25, 0.3) is 0 Å². The first-order valence-corrected chi connectivity index (χ1v) is 11.2. The molecule has 1 aromatic rings. The van der Waals surface area contributed by atoms with E-state index in [2.05, 4.69) is 34.1 Å². The molecule has 0 aromatic heterocycles. The number of ether oxygens (including phenoxy) is 2. The monoisotopic (exact) mass is 439 g/mol. The molecule has 3 aliphatic rings. The van der Waals surface area contributed by atoms with Crippen LogP contribution in [0.1, 0.15) is 57.6 Å². The lowest BCUT2D eigenvalue weighted by atomic mass is 9.69. The zero-order chi connectivity index (χ0) is 18.6. The normalized spacial score (nSPS) is 26.5. The molecule has 2 fully saturated rings. The second kappa shape index (κ2) is 6.50. The lowest BCUT2D eigenvalue weighted by Crippen LogP contribution is -2.43. The molecule has 1 heterocycles. The minimum absolute atomic E-state index is 0.0510. The molecule has 4 nitrogen and oxygen atoms in total. The number of hydrogen-bond acceptors (Lipinski definition) is 3. The number of benzene rings is 1. The lowest BCUT2D eigenvalue weighted by Gasteiger charge is -2.42. The van der Waals surface area contributed by atoms with Gasteiger partial charge in [0.15, 0.2) is 5.79 Å². The first-order chi connectivity index (χ1) is 12.2. The maximum atomic E-state index is 12.9. The van der Waals surface area contributed by atoms with Crippen molar-refractivity contribution < 1.29 is 13.7 Å². The van der Waals surface area contributed by atoms with Crippen LogP contribution in [0.5, 0.6) is 0 Å². The first kappa shape index (κ1) is 18.8. The summed E-state index contributed by atoms with van der Waals surface area (Å²) in [6.45, 7) is 7.32. The molecular weight excluding hydrogens is 414 g/mol. The number of halogens is 1. The third kappa shape index (κ3) is 3.23. The summed E-state index contributed by atoms with van der Waals surface area (Å²) in [5, 5.41) is 0. The van der Waals surface area contributed by atoms with Crippen LogP contribution >= 0.6 is 15.9 Å². The quantitative estimate of drug-likeness (QED) is 0.643. The molecular formula is C20H26BrNO3S. The highest BCUT2D eigenvalue weighted by atomic mass is 79.9. The van der Waals surface area contributed by atoms with Crippen LogP contribution in [0.4, 0.5) is 0 Å². The van der Waals surface area contributed by atoms with Crippen LogP contribution < -0.4 is 0 Å². The molecule has 1 saturated heterocycles. The van der Waals surface area contributed by atoms with E-state index in [1.807, 2.05) is 20.8 Å². The van der Waals surface area contributed by atoms with E-state index in [0.717, 1.165) is 47.9 Å². The minimum Gasteiger partial charge on any atom is -0.348 e. The third-order valence-electron chi connectivity index (χ3n) is 5.84. The van der Waals surface area contributed by atoms with E-state index >= 15 is 0 Å². The van der Waals surface area contributed by atoms with Gasteiger partial charge in [-0.05, 0) is 57.7 Å².